The van der Waals surface area contributed by atoms with Crippen LogP contribution in [-0.2, 0) is 28.6 Å². The minimum Gasteiger partial charge on any atom is -0.469 e. The second kappa shape index (κ2) is 5.97. The van der Waals surface area contributed by atoms with Gasteiger partial charge in [-0.1, -0.05) is 0 Å². The van der Waals surface area contributed by atoms with Crippen molar-refractivity contribution in [3.63, 3.8) is 0 Å². The van der Waals surface area contributed by atoms with Crippen molar-refractivity contribution < 1.29 is 38.8 Å². The molecule has 0 aromatic heterocycles. The molecule has 9 atom stereocenters. The maximum atomic E-state index is 13.3. The average Bonchev–Trinajstić information content (AvgIpc) is 3.14. The number of hydrogen-bond donors (Lipinski definition) is 2. The molecule has 8 heteroatoms. The molecule has 2 N–H and O–H groups in total. The predicted octanol–water partition coefficient (Wildman–Crippen LogP) is 0.963. The first-order chi connectivity index (χ1) is 14.1. The molecule has 4 saturated carbocycles. The number of carbonyl (C=O) groups excluding carboxylic acids is 3. The summed E-state index contributed by atoms with van der Waals surface area (Å²) in [5.41, 5.74) is -3.83. The number of rotatable bonds is 3. The first-order valence-corrected chi connectivity index (χ1v) is 10.9. The van der Waals surface area contributed by atoms with Gasteiger partial charge >= 0.3 is 17.9 Å². The minimum absolute atomic E-state index is 0.0972. The molecule has 5 rings (SSSR count). The summed E-state index contributed by atoms with van der Waals surface area (Å²) in [5.74, 6) is -2.65. The molecular formula is C22H30O8. The van der Waals surface area contributed by atoms with E-state index in [1.54, 1.807) is 6.92 Å². The molecular weight excluding hydrogens is 392 g/mol. The Labute approximate surface area is 175 Å². The molecule has 0 aromatic carbocycles. The summed E-state index contributed by atoms with van der Waals surface area (Å²) in [5, 5.41) is 21.2. The van der Waals surface area contributed by atoms with Gasteiger partial charge in [-0.15, -0.1) is 0 Å². The van der Waals surface area contributed by atoms with Gasteiger partial charge in [0.1, 0.15) is 17.1 Å². The third kappa shape index (κ3) is 2.07. The highest BCUT2D eigenvalue weighted by atomic mass is 16.6. The Morgan fingerprint density at radius 3 is 2.63 bits per heavy atom. The Morgan fingerprint density at radius 2 is 2.00 bits per heavy atom. The smallest absolute Gasteiger partial charge is 0.316 e. The molecule has 0 amide bonds. The van der Waals surface area contributed by atoms with Crippen LogP contribution in [0.25, 0.3) is 0 Å². The molecule has 4 bridgehead atoms. The molecule has 4 aliphatic carbocycles. The topological polar surface area (TPSA) is 119 Å². The van der Waals surface area contributed by atoms with Gasteiger partial charge in [-0.3, -0.25) is 14.4 Å². The second-order valence-electron chi connectivity index (χ2n) is 10.4. The van der Waals surface area contributed by atoms with Crippen molar-refractivity contribution in [3.05, 3.63) is 0 Å². The highest BCUT2D eigenvalue weighted by Crippen LogP contribution is 2.78. The number of esters is 3. The van der Waals surface area contributed by atoms with E-state index in [1.807, 2.05) is 0 Å². The minimum atomic E-state index is -1.25. The third-order valence-corrected chi connectivity index (χ3v) is 9.46. The van der Waals surface area contributed by atoms with Gasteiger partial charge < -0.3 is 24.4 Å². The highest BCUT2D eigenvalue weighted by Gasteiger charge is 2.85. The Kier molecular flexibility index (Phi) is 4.03. The van der Waals surface area contributed by atoms with Gasteiger partial charge in [0.25, 0.3) is 0 Å². The lowest BCUT2D eigenvalue weighted by atomic mass is 9.58. The SMILES string of the molecule is COC(=O)[C@H]1[C@H]2[C@@]3(CC[C@H](OC(C)=O)[C@@]2(C)C(=O)O3)[C@@H]2CC[C@@H]3C[C@@]21C[C@]3(O)CO. The lowest BCUT2D eigenvalue weighted by Gasteiger charge is -2.45. The summed E-state index contributed by atoms with van der Waals surface area (Å²) in [7, 11) is 1.34. The van der Waals surface area contributed by atoms with E-state index in [1.165, 1.54) is 14.0 Å². The van der Waals surface area contributed by atoms with Crippen LogP contribution in [0, 0.1) is 34.5 Å². The van der Waals surface area contributed by atoms with E-state index in [4.69, 9.17) is 14.2 Å². The second-order valence-corrected chi connectivity index (χ2v) is 10.4. The Bertz CT molecular complexity index is 826. The van der Waals surface area contributed by atoms with Crippen LogP contribution in [0.1, 0.15) is 52.4 Å². The molecule has 1 heterocycles. The average molecular weight is 422 g/mol. The van der Waals surface area contributed by atoms with E-state index in [2.05, 4.69) is 0 Å². The van der Waals surface area contributed by atoms with Crippen LogP contribution in [0.15, 0.2) is 0 Å². The molecule has 8 nitrogen and oxygen atoms in total. The number of ether oxygens (including phenoxy) is 3. The summed E-state index contributed by atoms with van der Waals surface area (Å²) < 4.78 is 17.0. The van der Waals surface area contributed by atoms with Crippen molar-refractivity contribution in [1.29, 1.82) is 0 Å². The van der Waals surface area contributed by atoms with Crippen molar-refractivity contribution in [1.82, 2.24) is 0 Å². The van der Waals surface area contributed by atoms with Crippen molar-refractivity contribution in [3.8, 4) is 0 Å². The van der Waals surface area contributed by atoms with E-state index in [0.29, 0.717) is 25.7 Å². The van der Waals surface area contributed by atoms with Crippen LogP contribution in [-0.4, -0.2) is 59.1 Å². The van der Waals surface area contributed by atoms with Gasteiger partial charge in [0.15, 0.2) is 0 Å². The first kappa shape index (κ1) is 20.2. The van der Waals surface area contributed by atoms with Crippen LogP contribution in [0.3, 0.4) is 0 Å². The quantitative estimate of drug-likeness (QED) is 0.510. The summed E-state index contributed by atoms with van der Waals surface area (Å²) in [6.07, 6.45) is 2.66. The number of aliphatic hydroxyl groups excluding tert-OH is 1. The molecule has 30 heavy (non-hydrogen) atoms. The summed E-state index contributed by atoms with van der Waals surface area (Å²) >= 11 is 0. The number of hydrogen-bond acceptors (Lipinski definition) is 8. The van der Waals surface area contributed by atoms with E-state index in [0.717, 1.165) is 6.42 Å². The zero-order chi connectivity index (χ0) is 21.7. The summed E-state index contributed by atoms with van der Waals surface area (Å²) in [6, 6.07) is 0. The molecule has 5 aliphatic rings. The molecule has 5 fully saturated rings. The largest absolute Gasteiger partial charge is 0.469 e. The number of aliphatic hydroxyl groups is 2. The Hall–Kier alpha value is -1.67. The summed E-state index contributed by atoms with van der Waals surface area (Å²) in [4.78, 5) is 38.3. The fourth-order valence-electron chi connectivity index (χ4n) is 8.57. The number of methoxy groups -OCH3 is 1. The van der Waals surface area contributed by atoms with Crippen molar-refractivity contribution in [2.45, 2.75) is 69.7 Å². The summed E-state index contributed by atoms with van der Waals surface area (Å²) in [6.45, 7) is 2.72. The van der Waals surface area contributed by atoms with Gasteiger partial charge in [-0.25, -0.2) is 0 Å². The zero-order valence-corrected chi connectivity index (χ0v) is 17.7. The van der Waals surface area contributed by atoms with E-state index in [9.17, 15) is 24.6 Å². The molecule has 0 aromatic rings. The van der Waals surface area contributed by atoms with Gasteiger partial charge in [-0.2, -0.15) is 0 Å². The van der Waals surface area contributed by atoms with Crippen molar-refractivity contribution in [2.24, 2.45) is 34.5 Å². The predicted molar refractivity (Wildman–Crippen MR) is 101 cm³/mol. The van der Waals surface area contributed by atoms with E-state index >= 15 is 0 Å². The lowest BCUT2D eigenvalue weighted by molar-refractivity contribution is -0.169. The molecule has 1 aliphatic heterocycles. The fraction of sp³-hybridized carbons (Fsp3) is 0.864. The van der Waals surface area contributed by atoms with Gasteiger partial charge in [0.05, 0.1) is 25.2 Å². The maximum absolute atomic E-state index is 13.3. The third-order valence-electron chi connectivity index (χ3n) is 9.46. The van der Waals surface area contributed by atoms with Crippen molar-refractivity contribution >= 4 is 17.9 Å². The molecule has 0 unspecified atom stereocenters. The van der Waals surface area contributed by atoms with Gasteiger partial charge in [0.2, 0.25) is 0 Å². The zero-order valence-electron chi connectivity index (χ0n) is 17.7. The van der Waals surface area contributed by atoms with Crippen LogP contribution in [0.2, 0.25) is 0 Å². The Morgan fingerprint density at radius 1 is 1.27 bits per heavy atom. The molecule has 0 radical (unpaired) electrons. The maximum Gasteiger partial charge on any atom is 0.316 e. The van der Waals surface area contributed by atoms with Crippen LogP contribution < -0.4 is 0 Å². The van der Waals surface area contributed by atoms with Crippen molar-refractivity contribution in [2.75, 3.05) is 13.7 Å². The normalized spacial score (nSPS) is 53.0. The monoisotopic (exact) mass is 422 g/mol. The van der Waals surface area contributed by atoms with Crippen LogP contribution in [0.4, 0.5) is 0 Å². The van der Waals surface area contributed by atoms with Crippen LogP contribution in [0.5, 0.6) is 0 Å². The highest BCUT2D eigenvalue weighted by molar-refractivity contribution is 5.86. The first-order valence-electron chi connectivity index (χ1n) is 10.9. The lowest BCUT2D eigenvalue weighted by Crippen LogP contribution is -2.54. The fourth-order valence-corrected chi connectivity index (χ4v) is 8.57. The molecule has 1 spiro atoms. The van der Waals surface area contributed by atoms with Gasteiger partial charge in [-0.05, 0) is 56.8 Å². The number of carbonyl (C=O) groups is 3. The standard InChI is InChI=1S/C22H30O8/c1-11(24)29-14-6-7-22-13-5-4-12-8-20(13,9-21(12,27)10-23)15(17(25)28-3)16(22)19(14,2)18(26)30-22/h12-16,23,27H,4-10H2,1-3H3/t12-,13-,14+,15-,16-,19-,20-,21+,22-/m1/s1. The van der Waals surface area contributed by atoms with E-state index < -0.39 is 57.9 Å². The van der Waals surface area contributed by atoms with Gasteiger partial charge in [0, 0.05) is 18.8 Å². The molecule has 1 saturated heterocycles. The number of fused-ring (bicyclic) bond motifs is 1. The van der Waals surface area contributed by atoms with E-state index in [-0.39, 0.29) is 24.9 Å². The van der Waals surface area contributed by atoms with Crippen LogP contribution >= 0.6 is 0 Å². The molecule has 166 valence electrons. The Balaban J connectivity index is 1.69.